The van der Waals surface area contributed by atoms with E-state index in [1.165, 1.54) is 6.42 Å². The highest BCUT2D eigenvalue weighted by atomic mass is 16.6. The maximum Gasteiger partial charge on any atom is 0.411 e. The molecule has 0 aromatic heterocycles. The SMILES string of the molecule is CC(C)OC(=O)C1N(C(=O)OC(C)(C)C)CC12CCCCC2. The molecule has 0 radical (unpaired) electrons. The van der Waals surface area contributed by atoms with Crippen molar-refractivity contribution in [3.05, 3.63) is 0 Å². The number of hydrogen-bond donors (Lipinski definition) is 0. The second kappa shape index (κ2) is 6.09. The van der Waals surface area contributed by atoms with E-state index in [9.17, 15) is 9.59 Å². The van der Waals surface area contributed by atoms with E-state index in [0.717, 1.165) is 25.7 Å². The first-order chi connectivity index (χ1) is 10.1. The Labute approximate surface area is 133 Å². The van der Waals surface area contributed by atoms with Crippen LogP contribution in [0, 0.1) is 5.41 Å². The van der Waals surface area contributed by atoms with Gasteiger partial charge in [-0.05, 0) is 47.5 Å². The molecule has 2 aliphatic rings. The summed E-state index contributed by atoms with van der Waals surface area (Å²) in [4.78, 5) is 26.4. The number of nitrogens with zero attached hydrogens (tertiary/aromatic N) is 1. The Hall–Kier alpha value is -1.26. The summed E-state index contributed by atoms with van der Waals surface area (Å²) in [6.45, 7) is 9.79. The Morgan fingerprint density at radius 2 is 1.73 bits per heavy atom. The molecule has 22 heavy (non-hydrogen) atoms. The van der Waals surface area contributed by atoms with Gasteiger partial charge < -0.3 is 9.47 Å². The summed E-state index contributed by atoms with van der Waals surface area (Å²) < 4.78 is 10.8. The van der Waals surface area contributed by atoms with Crippen molar-refractivity contribution in [1.29, 1.82) is 0 Å². The molecule has 2 rings (SSSR count). The lowest BCUT2D eigenvalue weighted by atomic mass is 9.63. The van der Waals surface area contributed by atoms with Crippen LogP contribution < -0.4 is 0 Å². The van der Waals surface area contributed by atoms with E-state index in [1.54, 1.807) is 4.90 Å². The second-order valence-electron chi connectivity index (χ2n) is 7.92. The molecule has 0 N–H and O–H groups in total. The Balaban J connectivity index is 2.13. The van der Waals surface area contributed by atoms with Crippen molar-refractivity contribution >= 4 is 12.1 Å². The molecular weight excluding hydrogens is 282 g/mol. The van der Waals surface area contributed by atoms with Crippen LogP contribution in [0.1, 0.15) is 66.7 Å². The Kier molecular flexibility index (Phi) is 4.73. The minimum atomic E-state index is -0.557. The highest BCUT2D eigenvalue weighted by molar-refractivity contribution is 5.85. The van der Waals surface area contributed by atoms with Gasteiger partial charge in [-0.15, -0.1) is 0 Å². The van der Waals surface area contributed by atoms with Crippen molar-refractivity contribution in [3.63, 3.8) is 0 Å². The molecule has 5 nitrogen and oxygen atoms in total. The van der Waals surface area contributed by atoms with Crippen LogP contribution in [0.3, 0.4) is 0 Å². The van der Waals surface area contributed by atoms with E-state index in [0.29, 0.717) is 6.54 Å². The van der Waals surface area contributed by atoms with Crippen molar-refractivity contribution in [3.8, 4) is 0 Å². The zero-order chi connectivity index (χ0) is 16.5. The van der Waals surface area contributed by atoms with Gasteiger partial charge in [0.1, 0.15) is 11.6 Å². The van der Waals surface area contributed by atoms with Gasteiger partial charge in [0.05, 0.1) is 6.10 Å². The van der Waals surface area contributed by atoms with Gasteiger partial charge in [-0.2, -0.15) is 0 Å². The lowest BCUT2D eigenvalue weighted by Crippen LogP contribution is -2.70. The number of carbonyl (C=O) groups excluding carboxylic acids is 2. The van der Waals surface area contributed by atoms with Crippen LogP contribution in [0.2, 0.25) is 0 Å². The third kappa shape index (κ3) is 3.55. The van der Waals surface area contributed by atoms with E-state index in [1.807, 2.05) is 34.6 Å². The minimum Gasteiger partial charge on any atom is -0.461 e. The molecule has 1 spiro atoms. The monoisotopic (exact) mass is 311 g/mol. The van der Waals surface area contributed by atoms with Crippen LogP contribution in [0.25, 0.3) is 0 Å². The van der Waals surface area contributed by atoms with Crippen molar-refractivity contribution in [1.82, 2.24) is 4.90 Å². The molecule has 1 atom stereocenters. The van der Waals surface area contributed by atoms with Gasteiger partial charge in [0, 0.05) is 12.0 Å². The number of amides is 1. The van der Waals surface area contributed by atoms with E-state index < -0.39 is 17.7 Å². The maximum atomic E-state index is 12.5. The van der Waals surface area contributed by atoms with E-state index in [-0.39, 0.29) is 17.5 Å². The molecule has 0 aromatic rings. The summed E-state index contributed by atoms with van der Waals surface area (Å²) in [5, 5.41) is 0. The predicted octanol–water partition coefficient (Wildman–Crippen LogP) is 3.51. The minimum absolute atomic E-state index is 0.0961. The van der Waals surface area contributed by atoms with Crippen molar-refractivity contribution in [2.24, 2.45) is 5.41 Å². The van der Waals surface area contributed by atoms with E-state index >= 15 is 0 Å². The van der Waals surface area contributed by atoms with Crippen molar-refractivity contribution < 1.29 is 19.1 Å². The Bertz CT molecular complexity index is 432. The van der Waals surface area contributed by atoms with Gasteiger partial charge in [-0.3, -0.25) is 4.90 Å². The van der Waals surface area contributed by atoms with Crippen LogP contribution in [0.15, 0.2) is 0 Å². The molecule has 5 heteroatoms. The van der Waals surface area contributed by atoms with Gasteiger partial charge >= 0.3 is 12.1 Å². The first kappa shape index (κ1) is 17.1. The number of esters is 1. The summed E-state index contributed by atoms with van der Waals surface area (Å²) >= 11 is 0. The van der Waals surface area contributed by atoms with E-state index in [4.69, 9.17) is 9.47 Å². The summed E-state index contributed by atoms with van der Waals surface area (Å²) in [6, 6.07) is -0.481. The van der Waals surface area contributed by atoms with Crippen molar-refractivity contribution in [2.75, 3.05) is 6.54 Å². The Morgan fingerprint density at radius 1 is 1.14 bits per heavy atom. The fraction of sp³-hybridized carbons (Fsp3) is 0.882. The molecule has 1 aliphatic carbocycles. The molecule has 1 aliphatic heterocycles. The zero-order valence-electron chi connectivity index (χ0n) is 14.5. The van der Waals surface area contributed by atoms with E-state index in [2.05, 4.69) is 0 Å². The number of likely N-dealkylation sites (tertiary alicyclic amines) is 1. The molecule has 1 unspecified atom stereocenters. The van der Waals surface area contributed by atoms with Crippen LogP contribution >= 0.6 is 0 Å². The van der Waals surface area contributed by atoms with Gasteiger partial charge in [-0.1, -0.05) is 19.3 Å². The lowest BCUT2D eigenvalue weighted by Gasteiger charge is -2.57. The fourth-order valence-electron chi connectivity index (χ4n) is 3.59. The molecule has 0 aromatic carbocycles. The highest BCUT2D eigenvalue weighted by Gasteiger charge is 2.59. The van der Waals surface area contributed by atoms with Gasteiger partial charge in [-0.25, -0.2) is 9.59 Å². The number of ether oxygens (including phenoxy) is 2. The normalized spacial score (nSPS) is 24.1. The molecular formula is C17H29NO4. The topological polar surface area (TPSA) is 55.8 Å². The lowest BCUT2D eigenvalue weighted by molar-refractivity contribution is -0.177. The summed E-state index contributed by atoms with van der Waals surface area (Å²) in [5.41, 5.74) is -0.653. The molecule has 126 valence electrons. The van der Waals surface area contributed by atoms with Crippen LogP contribution in [-0.4, -0.2) is 41.3 Å². The van der Waals surface area contributed by atoms with Crippen LogP contribution in [0.5, 0.6) is 0 Å². The summed E-state index contributed by atoms with van der Waals surface area (Å²) in [5.74, 6) is -0.283. The van der Waals surface area contributed by atoms with Crippen LogP contribution in [-0.2, 0) is 14.3 Å². The predicted molar refractivity (Wildman–Crippen MR) is 83.5 cm³/mol. The van der Waals surface area contributed by atoms with Gasteiger partial charge in [0.2, 0.25) is 0 Å². The first-order valence-corrected chi connectivity index (χ1v) is 8.35. The summed E-state index contributed by atoms with van der Waals surface area (Å²) in [6.07, 6.45) is 4.85. The van der Waals surface area contributed by atoms with Crippen LogP contribution in [0.4, 0.5) is 4.79 Å². The number of hydrogen-bond acceptors (Lipinski definition) is 4. The third-order valence-corrected chi connectivity index (χ3v) is 4.43. The number of rotatable bonds is 2. The zero-order valence-corrected chi connectivity index (χ0v) is 14.5. The van der Waals surface area contributed by atoms with Gasteiger partial charge in [0.25, 0.3) is 0 Å². The molecule has 1 amide bonds. The average molecular weight is 311 g/mol. The standard InChI is InChI=1S/C17H29NO4/c1-12(2)21-14(19)13-17(9-7-6-8-10-17)11-18(13)15(20)22-16(3,4)5/h12-13H,6-11H2,1-5H3. The van der Waals surface area contributed by atoms with Gasteiger partial charge in [0.15, 0.2) is 0 Å². The largest absolute Gasteiger partial charge is 0.461 e. The van der Waals surface area contributed by atoms with Crippen molar-refractivity contribution in [2.45, 2.75) is 84.5 Å². The average Bonchev–Trinajstić information content (AvgIpc) is 2.34. The molecule has 1 saturated carbocycles. The quantitative estimate of drug-likeness (QED) is 0.732. The third-order valence-electron chi connectivity index (χ3n) is 4.43. The second-order valence-corrected chi connectivity index (χ2v) is 7.92. The molecule has 0 bridgehead atoms. The fourth-order valence-corrected chi connectivity index (χ4v) is 3.59. The highest BCUT2D eigenvalue weighted by Crippen LogP contribution is 2.49. The maximum absolute atomic E-state index is 12.5. The molecule has 1 heterocycles. The smallest absolute Gasteiger partial charge is 0.411 e. The molecule has 1 saturated heterocycles. The Morgan fingerprint density at radius 3 is 2.23 bits per heavy atom. The summed E-state index contributed by atoms with van der Waals surface area (Å²) in [7, 11) is 0. The molecule has 2 fully saturated rings. The first-order valence-electron chi connectivity index (χ1n) is 8.35. The number of carbonyl (C=O) groups is 2.